The molecule has 0 aliphatic rings. The summed E-state index contributed by atoms with van der Waals surface area (Å²) in [6.45, 7) is 6.53. The van der Waals surface area contributed by atoms with Crippen LogP contribution in [0.4, 0.5) is 5.95 Å². The highest BCUT2D eigenvalue weighted by Gasteiger charge is 2.15. The molecule has 0 unspecified atom stereocenters. The summed E-state index contributed by atoms with van der Waals surface area (Å²) in [5, 5.41) is 7.32. The molecule has 0 bridgehead atoms. The molecule has 3 N–H and O–H groups in total. The molecule has 0 radical (unpaired) electrons. The van der Waals surface area contributed by atoms with Crippen LogP contribution in [0, 0.1) is 0 Å². The van der Waals surface area contributed by atoms with Gasteiger partial charge < -0.3 is 15.6 Å². The van der Waals surface area contributed by atoms with Crippen molar-refractivity contribution in [3.05, 3.63) is 54.0 Å². The highest BCUT2D eigenvalue weighted by molar-refractivity contribution is 5.94. The van der Waals surface area contributed by atoms with Crippen molar-refractivity contribution >= 4 is 22.8 Å². The molecule has 6 nitrogen and oxygen atoms in total. The summed E-state index contributed by atoms with van der Waals surface area (Å²) in [4.78, 5) is 23.8. The summed E-state index contributed by atoms with van der Waals surface area (Å²) in [6, 6.07) is 8.24. The van der Waals surface area contributed by atoms with Crippen LogP contribution in [-0.2, 0) is 6.42 Å². The Hall–Kier alpha value is -2.89. The second-order valence-electron chi connectivity index (χ2n) is 7.04. The van der Waals surface area contributed by atoms with E-state index in [0.29, 0.717) is 11.5 Å². The fourth-order valence-corrected chi connectivity index (χ4v) is 2.60. The fourth-order valence-electron chi connectivity index (χ4n) is 2.60. The summed E-state index contributed by atoms with van der Waals surface area (Å²) >= 11 is 0. The summed E-state index contributed by atoms with van der Waals surface area (Å²) in [5.74, 6) is 0.352. The molecule has 2 aromatic heterocycles. The smallest absolute Gasteiger partial charge is 0.254 e. The van der Waals surface area contributed by atoms with Crippen LogP contribution in [0.3, 0.4) is 0 Å². The number of nitrogens with zero attached hydrogens (tertiary/aromatic N) is 2. The van der Waals surface area contributed by atoms with Crippen LogP contribution < -0.4 is 10.6 Å². The van der Waals surface area contributed by atoms with Gasteiger partial charge in [-0.2, -0.15) is 0 Å². The van der Waals surface area contributed by atoms with Crippen LogP contribution >= 0.6 is 0 Å². The number of hydrogen-bond donors (Lipinski definition) is 3. The molecule has 2 heterocycles. The minimum Gasteiger partial charge on any atom is -0.361 e. The van der Waals surface area contributed by atoms with E-state index in [1.54, 1.807) is 12.4 Å². The van der Waals surface area contributed by atoms with Crippen molar-refractivity contribution in [2.75, 3.05) is 11.9 Å². The third-order valence-electron chi connectivity index (χ3n) is 3.75. The molecule has 0 saturated heterocycles. The van der Waals surface area contributed by atoms with Gasteiger partial charge in [0.2, 0.25) is 5.95 Å². The number of benzene rings is 1. The third kappa shape index (κ3) is 4.35. The molecule has 6 heteroatoms. The number of aromatic amines is 1. The molecule has 0 spiro atoms. The number of aromatic nitrogens is 3. The number of carbonyl (C=O) groups is 1. The van der Waals surface area contributed by atoms with Crippen molar-refractivity contribution in [1.82, 2.24) is 20.3 Å². The maximum Gasteiger partial charge on any atom is 0.254 e. The van der Waals surface area contributed by atoms with Gasteiger partial charge in [0.05, 0.1) is 5.56 Å². The number of carbonyl (C=O) groups excluding carboxylic acids is 1. The Bertz CT molecular complexity index is 861. The molecule has 0 saturated carbocycles. The van der Waals surface area contributed by atoms with Gasteiger partial charge in [-0.05, 0) is 38.8 Å². The van der Waals surface area contributed by atoms with Gasteiger partial charge in [-0.3, -0.25) is 4.79 Å². The zero-order chi connectivity index (χ0) is 17.9. The summed E-state index contributed by atoms with van der Waals surface area (Å²) in [7, 11) is 0. The highest BCUT2D eigenvalue weighted by Crippen LogP contribution is 2.18. The number of para-hydroxylation sites is 1. The zero-order valence-electron chi connectivity index (χ0n) is 14.8. The van der Waals surface area contributed by atoms with Gasteiger partial charge in [-0.25, -0.2) is 9.97 Å². The monoisotopic (exact) mass is 337 g/mol. The minimum atomic E-state index is -0.284. The van der Waals surface area contributed by atoms with Crippen molar-refractivity contribution in [2.24, 2.45) is 0 Å². The maximum absolute atomic E-state index is 12.1. The average molecular weight is 337 g/mol. The van der Waals surface area contributed by atoms with Crippen LogP contribution in [0.25, 0.3) is 10.9 Å². The Morgan fingerprint density at radius 1 is 1.16 bits per heavy atom. The first-order valence-corrected chi connectivity index (χ1v) is 8.36. The Kier molecular flexibility index (Phi) is 4.70. The standard InChI is InChI=1S/C19H23N5O/c1-19(2,3)24-17(25)14-11-22-18(23-12-14)20-9-8-13-10-21-16-7-5-4-6-15(13)16/h4-7,10-12,21H,8-9H2,1-3H3,(H,24,25)(H,20,22,23). The van der Waals surface area contributed by atoms with E-state index in [9.17, 15) is 4.79 Å². The van der Waals surface area contributed by atoms with Crippen LogP contribution in [0.15, 0.2) is 42.9 Å². The lowest BCUT2D eigenvalue weighted by atomic mass is 10.1. The van der Waals surface area contributed by atoms with Crippen LogP contribution in [-0.4, -0.2) is 32.9 Å². The van der Waals surface area contributed by atoms with E-state index in [1.165, 1.54) is 10.9 Å². The largest absolute Gasteiger partial charge is 0.361 e. The van der Waals surface area contributed by atoms with Gasteiger partial charge in [0, 0.05) is 41.6 Å². The molecule has 1 aromatic carbocycles. The molecule has 130 valence electrons. The Morgan fingerprint density at radius 3 is 2.60 bits per heavy atom. The first-order chi connectivity index (χ1) is 11.9. The predicted molar refractivity (Wildman–Crippen MR) is 99.7 cm³/mol. The number of nitrogens with one attached hydrogen (secondary N) is 3. The van der Waals surface area contributed by atoms with Crippen molar-refractivity contribution in [3.63, 3.8) is 0 Å². The molecule has 3 rings (SSSR count). The molecular weight excluding hydrogens is 314 g/mol. The Balaban J connectivity index is 1.56. The Labute approximate surface area is 147 Å². The third-order valence-corrected chi connectivity index (χ3v) is 3.75. The molecule has 0 aliphatic heterocycles. The lowest BCUT2D eigenvalue weighted by Crippen LogP contribution is -2.40. The molecule has 1 amide bonds. The van der Waals surface area contributed by atoms with Gasteiger partial charge in [0.25, 0.3) is 5.91 Å². The van der Waals surface area contributed by atoms with Crippen LogP contribution in [0.5, 0.6) is 0 Å². The number of H-pyrrole nitrogens is 1. The second-order valence-corrected chi connectivity index (χ2v) is 7.04. The lowest BCUT2D eigenvalue weighted by molar-refractivity contribution is 0.0919. The molecule has 25 heavy (non-hydrogen) atoms. The van der Waals surface area contributed by atoms with Crippen LogP contribution in [0.1, 0.15) is 36.7 Å². The number of hydrogen-bond acceptors (Lipinski definition) is 4. The predicted octanol–water partition coefficient (Wildman–Crippen LogP) is 3.14. The van der Waals surface area contributed by atoms with Crippen LogP contribution in [0.2, 0.25) is 0 Å². The molecule has 0 fully saturated rings. The quantitative estimate of drug-likeness (QED) is 0.668. The van der Waals surface area contributed by atoms with Gasteiger partial charge >= 0.3 is 0 Å². The molecule has 3 aromatic rings. The lowest BCUT2D eigenvalue weighted by Gasteiger charge is -2.20. The SMILES string of the molecule is CC(C)(C)NC(=O)c1cnc(NCCc2c[nH]c3ccccc23)nc1. The van der Waals surface area contributed by atoms with Gasteiger partial charge in [-0.15, -0.1) is 0 Å². The zero-order valence-corrected chi connectivity index (χ0v) is 14.8. The summed E-state index contributed by atoms with van der Waals surface area (Å²) < 4.78 is 0. The van der Waals surface area contributed by atoms with Gasteiger partial charge in [0.15, 0.2) is 0 Å². The number of rotatable bonds is 5. The van der Waals surface area contributed by atoms with E-state index < -0.39 is 0 Å². The van der Waals surface area contributed by atoms with E-state index in [2.05, 4.69) is 37.7 Å². The number of amides is 1. The van der Waals surface area contributed by atoms with Crippen molar-refractivity contribution in [1.29, 1.82) is 0 Å². The summed E-state index contributed by atoms with van der Waals surface area (Å²) in [6.07, 6.45) is 5.98. The van der Waals surface area contributed by atoms with Gasteiger partial charge in [0.1, 0.15) is 0 Å². The molecule has 0 atom stereocenters. The average Bonchev–Trinajstić information content (AvgIpc) is 2.97. The van der Waals surface area contributed by atoms with Crippen molar-refractivity contribution < 1.29 is 4.79 Å². The molecular formula is C19H23N5O. The second kappa shape index (κ2) is 6.93. The Morgan fingerprint density at radius 2 is 1.88 bits per heavy atom. The fraction of sp³-hybridized carbons (Fsp3) is 0.316. The first kappa shape index (κ1) is 17.0. The van der Waals surface area contributed by atoms with E-state index in [0.717, 1.165) is 18.5 Å². The van der Waals surface area contributed by atoms with Crippen molar-refractivity contribution in [2.45, 2.75) is 32.7 Å². The number of fused-ring (bicyclic) bond motifs is 1. The van der Waals surface area contributed by atoms with E-state index in [4.69, 9.17) is 0 Å². The van der Waals surface area contributed by atoms with Gasteiger partial charge in [-0.1, -0.05) is 18.2 Å². The normalized spacial score (nSPS) is 11.5. The van der Waals surface area contributed by atoms with E-state index in [-0.39, 0.29) is 11.4 Å². The maximum atomic E-state index is 12.1. The first-order valence-electron chi connectivity index (χ1n) is 8.36. The number of anilines is 1. The van der Waals surface area contributed by atoms with E-state index in [1.807, 2.05) is 39.1 Å². The van der Waals surface area contributed by atoms with Crippen molar-refractivity contribution in [3.8, 4) is 0 Å². The molecule has 0 aliphatic carbocycles. The van der Waals surface area contributed by atoms with E-state index >= 15 is 0 Å². The summed E-state index contributed by atoms with van der Waals surface area (Å²) in [5.41, 5.74) is 2.57. The highest BCUT2D eigenvalue weighted by atomic mass is 16.1. The minimum absolute atomic E-state index is 0.169. The topological polar surface area (TPSA) is 82.7 Å².